The summed E-state index contributed by atoms with van der Waals surface area (Å²) in [5.74, 6) is 2.18. The molecule has 0 bridgehead atoms. The second-order valence-electron chi connectivity index (χ2n) is 7.42. The highest BCUT2D eigenvalue weighted by Gasteiger charge is 2.32. The fourth-order valence-electron chi connectivity index (χ4n) is 4.10. The van der Waals surface area contributed by atoms with E-state index in [4.69, 9.17) is 13.9 Å². The van der Waals surface area contributed by atoms with Crippen molar-refractivity contribution in [3.8, 4) is 22.3 Å². The molecule has 3 heterocycles. The van der Waals surface area contributed by atoms with Crippen molar-refractivity contribution in [1.29, 1.82) is 0 Å². The van der Waals surface area contributed by atoms with Crippen molar-refractivity contribution < 1.29 is 18.7 Å². The van der Waals surface area contributed by atoms with Gasteiger partial charge in [0.05, 0.1) is 30.5 Å². The van der Waals surface area contributed by atoms with Crippen LogP contribution in [0.25, 0.3) is 21.0 Å². The Morgan fingerprint density at radius 2 is 1.94 bits per heavy atom. The maximum absolute atomic E-state index is 13.3. The molecule has 2 aromatic heterocycles. The molecule has 5 rings (SSSR count). The van der Waals surface area contributed by atoms with Gasteiger partial charge in [-0.2, -0.15) is 0 Å². The van der Waals surface area contributed by atoms with E-state index in [0.717, 1.165) is 33.6 Å². The lowest BCUT2D eigenvalue weighted by molar-refractivity contribution is 0.0704. The van der Waals surface area contributed by atoms with Gasteiger partial charge in [0, 0.05) is 6.54 Å². The first kappa shape index (κ1) is 19.6. The number of benzene rings is 2. The molecule has 0 aliphatic carbocycles. The number of hydrogen-bond donors (Lipinski definition) is 0. The lowest BCUT2D eigenvalue weighted by Crippen LogP contribution is -2.30. The van der Waals surface area contributed by atoms with Crippen molar-refractivity contribution in [3.63, 3.8) is 0 Å². The molecule has 2 aromatic carbocycles. The third-order valence-electron chi connectivity index (χ3n) is 5.63. The van der Waals surface area contributed by atoms with Crippen LogP contribution in [0.15, 0.2) is 59.0 Å². The zero-order chi connectivity index (χ0) is 21.4. The number of furan rings is 1. The van der Waals surface area contributed by atoms with E-state index >= 15 is 0 Å². The first-order valence-corrected chi connectivity index (χ1v) is 11.0. The molecule has 0 N–H and O–H groups in total. The van der Waals surface area contributed by atoms with Crippen LogP contribution >= 0.6 is 11.3 Å². The zero-order valence-electron chi connectivity index (χ0n) is 17.3. The molecule has 1 amide bonds. The van der Waals surface area contributed by atoms with Gasteiger partial charge in [0.1, 0.15) is 0 Å². The topological polar surface area (TPSA) is 64.8 Å². The first-order valence-electron chi connectivity index (χ1n) is 10.2. The van der Waals surface area contributed by atoms with Crippen molar-refractivity contribution in [2.45, 2.75) is 18.9 Å². The zero-order valence-corrected chi connectivity index (χ0v) is 18.1. The molecule has 4 aromatic rings. The molecular weight excluding hydrogens is 412 g/mol. The van der Waals surface area contributed by atoms with Gasteiger partial charge >= 0.3 is 0 Å². The minimum atomic E-state index is -0.107. The fraction of sp³-hybridized carbons (Fsp3) is 0.250. The molecule has 31 heavy (non-hydrogen) atoms. The Kier molecular flexibility index (Phi) is 5.11. The lowest BCUT2D eigenvalue weighted by Gasteiger charge is -2.25. The minimum absolute atomic E-state index is 0.0247. The molecule has 0 saturated carbocycles. The number of amides is 1. The van der Waals surface area contributed by atoms with Crippen LogP contribution in [0.3, 0.4) is 0 Å². The number of nitrogens with zero attached hydrogens (tertiary/aromatic N) is 2. The van der Waals surface area contributed by atoms with Gasteiger partial charge in [-0.05, 0) is 54.8 Å². The molecule has 1 saturated heterocycles. The third kappa shape index (κ3) is 3.55. The molecule has 1 aliphatic heterocycles. The van der Waals surface area contributed by atoms with Gasteiger partial charge in [0.25, 0.3) is 5.91 Å². The number of methoxy groups -OCH3 is 2. The summed E-state index contributed by atoms with van der Waals surface area (Å²) in [6.07, 6.45) is 1.84. The highest BCUT2D eigenvalue weighted by atomic mass is 32.1. The van der Waals surface area contributed by atoms with Crippen molar-refractivity contribution in [1.82, 2.24) is 9.88 Å². The van der Waals surface area contributed by atoms with E-state index in [0.29, 0.717) is 29.6 Å². The molecule has 0 spiro atoms. The lowest BCUT2D eigenvalue weighted by atomic mass is 10.0. The normalized spacial score (nSPS) is 16.1. The van der Waals surface area contributed by atoms with Crippen molar-refractivity contribution in [2.24, 2.45) is 0 Å². The summed E-state index contributed by atoms with van der Waals surface area (Å²) in [5.41, 5.74) is 1.96. The van der Waals surface area contributed by atoms with E-state index < -0.39 is 0 Å². The summed E-state index contributed by atoms with van der Waals surface area (Å²) in [5, 5.41) is 0.776. The number of fused-ring (bicyclic) bond motifs is 1. The summed E-state index contributed by atoms with van der Waals surface area (Å²) in [7, 11) is 3.23. The van der Waals surface area contributed by atoms with Crippen LogP contribution in [0, 0.1) is 0 Å². The second kappa shape index (κ2) is 8.07. The van der Waals surface area contributed by atoms with Gasteiger partial charge < -0.3 is 18.8 Å². The number of carbonyl (C=O) groups is 1. The first-order chi connectivity index (χ1) is 15.2. The molecule has 158 valence electrons. The van der Waals surface area contributed by atoms with E-state index in [9.17, 15) is 4.79 Å². The smallest absolute Gasteiger partial charge is 0.290 e. The van der Waals surface area contributed by atoms with Crippen molar-refractivity contribution in [2.75, 3.05) is 20.8 Å². The van der Waals surface area contributed by atoms with Crippen LogP contribution in [0.2, 0.25) is 0 Å². The van der Waals surface area contributed by atoms with E-state index in [-0.39, 0.29) is 11.9 Å². The molecule has 1 unspecified atom stereocenters. The Hall–Kier alpha value is -3.32. The van der Waals surface area contributed by atoms with E-state index in [1.165, 1.54) is 0 Å². The number of para-hydroxylation sites is 1. The molecule has 1 aliphatic rings. The largest absolute Gasteiger partial charge is 0.493 e. The van der Waals surface area contributed by atoms with Gasteiger partial charge in [0.15, 0.2) is 28.0 Å². The average molecular weight is 435 g/mol. The van der Waals surface area contributed by atoms with Gasteiger partial charge in [-0.15, -0.1) is 11.3 Å². The SMILES string of the molecule is COc1ccc(C2CCCN2C(=O)c2ccc(-c3nc4ccccc4s3)o2)cc1OC. The standard InChI is InChI=1S/C24H22N2O4S/c1-28-18-10-9-15(14-21(18)29-2)17-7-5-13-26(17)24(27)20-12-11-19(30-20)23-25-16-6-3-4-8-22(16)31-23/h3-4,6,8-12,14,17H,5,7,13H2,1-2H3. The maximum Gasteiger partial charge on any atom is 0.290 e. The molecule has 1 fully saturated rings. The van der Waals surface area contributed by atoms with Gasteiger partial charge in [-0.3, -0.25) is 4.79 Å². The third-order valence-corrected chi connectivity index (χ3v) is 6.68. The number of likely N-dealkylation sites (tertiary alicyclic amines) is 1. The Morgan fingerprint density at radius 3 is 2.74 bits per heavy atom. The predicted octanol–water partition coefficient (Wildman–Crippen LogP) is 5.55. The summed E-state index contributed by atoms with van der Waals surface area (Å²) < 4.78 is 17.8. The van der Waals surface area contributed by atoms with E-state index in [1.54, 1.807) is 31.6 Å². The molecule has 6 nitrogen and oxygen atoms in total. The number of thiazole rings is 1. The van der Waals surface area contributed by atoms with Crippen LogP contribution in [0.1, 0.15) is 35.0 Å². The number of aromatic nitrogens is 1. The van der Waals surface area contributed by atoms with Crippen molar-refractivity contribution in [3.05, 3.63) is 65.9 Å². The van der Waals surface area contributed by atoms with Crippen LogP contribution in [-0.2, 0) is 0 Å². The summed E-state index contributed by atoms with van der Waals surface area (Å²) >= 11 is 1.56. The van der Waals surface area contributed by atoms with Gasteiger partial charge in [0.2, 0.25) is 0 Å². The second-order valence-corrected chi connectivity index (χ2v) is 8.45. The van der Waals surface area contributed by atoms with Crippen LogP contribution < -0.4 is 9.47 Å². The maximum atomic E-state index is 13.3. The fourth-order valence-corrected chi connectivity index (χ4v) is 5.03. The van der Waals surface area contributed by atoms with Crippen LogP contribution in [-0.4, -0.2) is 36.6 Å². The molecule has 0 radical (unpaired) electrons. The van der Waals surface area contributed by atoms with Gasteiger partial charge in [-0.1, -0.05) is 18.2 Å². The highest BCUT2D eigenvalue weighted by Crippen LogP contribution is 2.38. The quantitative estimate of drug-likeness (QED) is 0.412. The van der Waals surface area contributed by atoms with E-state index in [2.05, 4.69) is 4.98 Å². The predicted molar refractivity (Wildman–Crippen MR) is 120 cm³/mol. The molecule has 1 atom stereocenters. The highest BCUT2D eigenvalue weighted by molar-refractivity contribution is 7.21. The van der Waals surface area contributed by atoms with E-state index in [1.807, 2.05) is 53.4 Å². The summed E-state index contributed by atoms with van der Waals surface area (Å²) in [6, 6.07) is 17.3. The monoisotopic (exact) mass is 434 g/mol. The number of rotatable bonds is 5. The summed E-state index contributed by atoms with van der Waals surface area (Å²) in [4.78, 5) is 19.8. The molecular formula is C24H22N2O4S. The Labute approximate surface area is 184 Å². The minimum Gasteiger partial charge on any atom is -0.493 e. The average Bonchev–Trinajstić information content (AvgIpc) is 3.56. The number of hydrogen-bond acceptors (Lipinski definition) is 6. The van der Waals surface area contributed by atoms with Crippen molar-refractivity contribution >= 4 is 27.5 Å². The Morgan fingerprint density at radius 1 is 1.10 bits per heavy atom. The Balaban J connectivity index is 1.41. The Bertz CT molecular complexity index is 1210. The van der Waals surface area contributed by atoms with Crippen LogP contribution in [0.5, 0.6) is 11.5 Å². The number of ether oxygens (including phenoxy) is 2. The van der Waals surface area contributed by atoms with Gasteiger partial charge in [-0.25, -0.2) is 4.98 Å². The number of carbonyl (C=O) groups excluding carboxylic acids is 1. The summed E-state index contributed by atoms with van der Waals surface area (Å²) in [6.45, 7) is 0.689. The molecule has 7 heteroatoms. The van der Waals surface area contributed by atoms with Crippen LogP contribution in [0.4, 0.5) is 0 Å².